The van der Waals surface area contributed by atoms with E-state index in [-0.39, 0.29) is 11.5 Å². The molecule has 1 aliphatic rings. The van der Waals surface area contributed by atoms with E-state index in [1.54, 1.807) is 6.92 Å². The summed E-state index contributed by atoms with van der Waals surface area (Å²) in [4.78, 5) is 0. The molecule has 0 radical (unpaired) electrons. The maximum Gasteiger partial charge on any atom is 0.155 e. The first-order valence-electron chi connectivity index (χ1n) is 6.47. The van der Waals surface area contributed by atoms with E-state index >= 15 is 0 Å². The van der Waals surface area contributed by atoms with Crippen LogP contribution in [0.3, 0.4) is 0 Å². The molecule has 4 atom stereocenters. The molecule has 1 aliphatic carbocycles. The van der Waals surface area contributed by atoms with Gasteiger partial charge in [0.1, 0.15) is 0 Å². The first kappa shape index (κ1) is 14.5. The quantitative estimate of drug-likeness (QED) is 0.824. The predicted molar refractivity (Wildman–Crippen MR) is 67.4 cm³/mol. The summed E-state index contributed by atoms with van der Waals surface area (Å²) in [5, 5.41) is 19.0. The summed E-state index contributed by atoms with van der Waals surface area (Å²) < 4.78 is 5.88. The Labute approximate surface area is 105 Å². The van der Waals surface area contributed by atoms with Crippen molar-refractivity contribution in [2.45, 2.75) is 71.7 Å². The van der Waals surface area contributed by atoms with Crippen molar-refractivity contribution in [3.8, 4) is 6.07 Å². The Kier molecular flexibility index (Phi) is 4.22. The molecule has 0 aliphatic heterocycles. The largest absolute Gasteiger partial charge is 0.391 e. The van der Waals surface area contributed by atoms with Gasteiger partial charge < -0.3 is 9.84 Å². The summed E-state index contributed by atoms with van der Waals surface area (Å²) in [6.45, 7) is 10.1. The highest BCUT2D eigenvalue weighted by molar-refractivity contribution is 5.08. The fourth-order valence-electron chi connectivity index (χ4n) is 3.15. The molecule has 0 amide bonds. The highest BCUT2D eigenvalue weighted by atomic mass is 16.5. The highest BCUT2D eigenvalue weighted by Crippen LogP contribution is 2.45. The highest BCUT2D eigenvalue weighted by Gasteiger charge is 2.45. The lowest BCUT2D eigenvalue weighted by Crippen LogP contribution is -2.46. The lowest BCUT2D eigenvalue weighted by atomic mass is 9.66. The first-order valence-corrected chi connectivity index (χ1v) is 6.47. The number of aliphatic hydroxyl groups is 1. The van der Waals surface area contributed by atoms with Crippen LogP contribution in [0.4, 0.5) is 0 Å². The minimum absolute atomic E-state index is 0.131. The smallest absolute Gasteiger partial charge is 0.155 e. The van der Waals surface area contributed by atoms with Crippen molar-refractivity contribution in [2.24, 2.45) is 11.3 Å². The second kappa shape index (κ2) is 4.96. The van der Waals surface area contributed by atoms with E-state index in [0.717, 1.165) is 19.3 Å². The van der Waals surface area contributed by atoms with Gasteiger partial charge in [-0.1, -0.05) is 20.8 Å². The summed E-state index contributed by atoms with van der Waals surface area (Å²) in [7, 11) is 0. The molecule has 0 heterocycles. The van der Waals surface area contributed by atoms with Gasteiger partial charge in [-0.3, -0.25) is 0 Å². The van der Waals surface area contributed by atoms with Crippen LogP contribution in [0.15, 0.2) is 0 Å². The fraction of sp³-hybridized carbons (Fsp3) is 0.929. The van der Waals surface area contributed by atoms with Gasteiger partial charge in [-0.15, -0.1) is 0 Å². The van der Waals surface area contributed by atoms with Crippen molar-refractivity contribution in [2.75, 3.05) is 0 Å². The molecule has 0 bridgehead atoms. The summed E-state index contributed by atoms with van der Waals surface area (Å²) in [5.74, 6) is 0.486. The standard InChI is InChI=1S/C14H25NO2/c1-10-6-13(4,5)8-14(7-10,9-15)17-12(3)11(2)16/h10-12,16H,6-8H2,1-5H3. The van der Waals surface area contributed by atoms with E-state index < -0.39 is 11.7 Å². The van der Waals surface area contributed by atoms with Gasteiger partial charge in [0.2, 0.25) is 0 Å². The minimum Gasteiger partial charge on any atom is -0.391 e. The SMILES string of the molecule is CC1CC(C)(C)CC(C#N)(OC(C)C(C)O)C1. The van der Waals surface area contributed by atoms with E-state index in [1.165, 1.54) is 0 Å². The Morgan fingerprint density at radius 3 is 2.35 bits per heavy atom. The van der Waals surface area contributed by atoms with E-state index in [2.05, 4.69) is 26.8 Å². The maximum atomic E-state index is 9.52. The lowest BCUT2D eigenvalue weighted by molar-refractivity contribution is -0.134. The zero-order valence-electron chi connectivity index (χ0n) is 11.7. The van der Waals surface area contributed by atoms with Crippen LogP contribution in [-0.2, 0) is 4.74 Å². The topological polar surface area (TPSA) is 53.2 Å². The number of nitrogens with zero attached hydrogens (tertiary/aromatic N) is 1. The molecular formula is C14H25NO2. The second-order valence-electron chi connectivity index (χ2n) is 6.52. The van der Waals surface area contributed by atoms with Gasteiger partial charge in [-0.05, 0) is 44.4 Å². The van der Waals surface area contributed by atoms with Gasteiger partial charge in [0.15, 0.2) is 5.60 Å². The van der Waals surface area contributed by atoms with E-state index in [1.807, 2.05) is 6.92 Å². The molecule has 1 saturated carbocycles. The zero-order valence-corrected chi connectivity index (χ0v) is 11.7. The molecule has 17 heavy (non-hydrogen) atoms. The van der Waals surface area contributed by atoms with Crippen LogP contribution in [0.1, 0.15) is 53.9 Å². The number of hydrogen-bond donors (Lipinski definition) is 1. The van der Waals surface area contributed by atoms with Crippen LogP contribution in [-0.4, -0.2) is 22.9 Å². The molecule has 98 valence electrons. The Bertz CT molecular complexity index is 306. The normalized spacial score (nSPS) is 35.9. The molecule has 0 spiro atoms. The lowest BCUT2D eigenvalue weighted by Gasteiger charge is -2.44. The third-order valence-electron chi connectivity index (χ3n) is 3.64. The summed E-state index contributed by atoms with van der Waals surface area (Å²) >= 11 is 0. The van der Waals surface area contributed by atoms with Crippen LogP contribution in [0, 0.1) is 22.7 Å². The summed E-state index contributed by atoms with van der Waals surface area (Å²) in [6.07, 6.45) is 1.81. The molecule has 3 heteroatoms. The molecule has 1 N–H and O–H groups in total. The van der Waals surface area contributed by atoms with Crippen molar-refractivity contribution in [1.82, 2.24) is 0 Å². The van der Waals surface area contributed by atoms with E-state index in [0.29, 0.717) is 5.92 Å². The molecule has 1 rings (SSSR count). The number of hydrogen-bond acceptors (Lipinski definition) is 3. The monoisotopic (exact) mass is 239 g/mol. The zero-order chi connectivity index (χ0) is 13.3. The van der Waals surface area contributed by atoms with Crippen LogP contribution < -0.4 is 0 Å². The van der Waals surface area contributed by atoms with Gasteiger partial charge in [-0.25, -0.2) is 0 Å². The van der Waals surface area contributed by atoms with Crippen LogP contribution in [0.25, 0.3) is 0 Å². The molecule has 3 nitrogen and oxygen atoms in total. The van der Waals surface area contributed by atoms with Crippen molar-refractivity contribution in [1.29, 1.82) is 5.26 Å². The van der Waals surface area contributed by atoms with Gasteiger partial charge in [0.25, 0.3) is 0 Å². The maximum absolute atomic E-state index is 9.52. The number of nitriles is 1. The second-order valence-corrected chi connectivity index (χ2v) is 6.52. The molecule has 1 fully saturated rings. The van der Waals surface area contributed by atoms with Gasteiger partial charge >= 0.3 is 0 Å². The van der Waals surface area contributed by atoms with Crippen molar-refractivity contribution in [3.63, 3.8) is 0 Å². The number of ether oxygens (including phenoxy) is 1. The number of aliphatic hydroxyl groups excluding tert-OH is 1. The molecule has 4 unspecified atom stereocenters. The van der Waals surface area contributed by atoms with Crippen molar-refractivity contribution in [3.05, 3.63) is 0 Å². The Morgan fingerprint density at radius 1 is 1.35 bits per heavy atom. The minimum atomic E-state index is -0.725. The fourth-order valence-corrected chi connectivity index (χ4v) is 3.15. The third-order valence-corrected chi connectivity index (χ3v) is 3.64. The van der Waals surface area contributed by atoms with E-state index in [4.69, 9.17) is 4.74 Å². The van der Waals surface area contributed by atoms with Crippen molar-refractivity contribution >= 4 is 0 Å². The molecule has 0 aromatic carbocycles. The Morgan fingerprint density at radius 2 is 1.94 bits per heavy atom. The molecule has 0 aromatic rings. The van der Waals surface area contributed by atoms with Crippen LogP contribution in [0.5, 0.6) is 0 Å². The van der Waals surface area contributed by atoms with Gasteiger partial charge in [0, 0.05) is 0 Å². The van der Waals surface area contributed by atoms with Gasteiger partial charge in [-0.2, -0.15) is 5.26 Å². The number of rotatable bonds is 3. The summed E-state index contributed by atoms with van der Waals surface area (Å²) in [5.41, 5.74) is -0.594. The van der Waals surface area contributed by atoms with Crippen LogP contribution in [0.2, 0.25) is 0 Å². The Hall–Kier alpha value is -0.590. The predicted octanol–water partition coefficient (Wildman–Crippen LogP) is 2.88. The molecule has 0 aromatic heterocycles. The molecular weight excluding hydrogens is 214 g/mol. The van der Waals surface area contributed by atoms with Crippen molar-refractivity contribution < 1.29 is 9.84 Å². The average Bonchev–Trinajstić information content (AvgIpc) is 2.14. The summed E-state index contributed by atoms with van der Waals surface area (Å²) in [6, 6.07) is 2.36. The Balaban J connectivity index is 2.85. The average molecular weight is 239 g/mol. The molecule has 0 saturated heterocycles. The van der Waals surface area contributed by atoms with E-state index in [9.17, 15) is 10.4 Å². The van der Waals surface area contributed by atoms with Crippen LogP contribution >= 0.6 is 0 Å². The van der Waals surface area contributed by atoms with Gasteiger partial charge in [0.05, 0.1) is 18.3 Å². The first-order chi connectivity index (χ1) is 7.70. The third kappa shape index (κ3) is 3.69.